The monoisotopic (exact) mass is 376 g/mol. The van der Waals surface area contributed by atoms with E-state index in [9.17, 15) is 4.79 Å². The van der Waals surface area contributed by atoms with Crippen molar-refractivity contribution < 1.29 is 19.0 Å². The molecular formula is C21H28O4S. The highest BCUT2D eigenvalue weighted by Crippen LogP contribution is 2.65. The van der Waals surface area contributed by atoms with Gasteiger partial charge in [0.05, 0.1) is 18.6 Å². The van der Waals surface area contributed by atoms with Crippen molar-refractivity contribution in [1.82, 2.24) is 0 Å². The second-order valence-corrected chi connectivity index (χ2v) is 8.52. The minimum absolute atomic E-state index is 0.102. The lowest BCUT2D eigenvalue weighted by Crippen LogP contribution is -2.37. The van der Waals surface area contributed by atoms with E-state index in [0.717, 1.165) is 12.8 Å². The number of benzene rings is 1. The van der Waals surface area contributed by atoms with Crippen LogP contribution in [0.3, 0.4) is 0 Å². The minimum atomic E-state index is -0.434. The predicted molar refractivity (Wildman–Crippen MR) is 103 cm³/mol. The normalized spacial score (nSPS) is 29.7. The van der Waals surface area contributed by atoms with Crippen LogP contribution in [0.2, 0.25) is 0 Å². The zero-order chi connectivity index (χ0) is 18.6. The molecule has 0 heterocycles. The lowest BCUT2D eigenvalue weighted by atomic mass is 9.69. The van der Waals surface area contributed by atoms with E-state index < -0.39 is 5.41 Å². The molecule has 2 saturated carbocycles. The molecule has 0 aromatic heterocycles. The molecule has 5 heteroatoms. The van der Waals surface area contributed by atoms with Crippen molar-refractivity contribution in [3.8, 4) is 0 Å². The average Bonchev–Trinajstić information content (AvgIpc) is 2.97. The molecule has 1 aromatic carbocycles. The minimum Gasteiger partial charge on any atom is -0.382 e. The van der Waals surface area contributed by atoms with Crippen LogP contribution in [-0.2, 0) is 19.0 Å². The van der Waals surface area contributed by atoms with Gasteiger partial charge in [-0.15, -0.1) is 0 Å². The van der Waals surface area contributed by atoms with Crippen LogP contribution in [0.25, 0.3) is 0 Å². The Hall–Kier alpha value is -1.14. The summed E-state index contributed by atoms with van der Waals surface area (Å²) in [5.74, 6) is 0.450. The van der Waals surface area contributed by atoms with E-state index in [1.54, 1.807) is 18.9 Å². The Morgan fingerprint density at radius 1 is 1.23 bits per heavy atom. The first kappa shape index (κ1) is 19.6. The summed E-state index contributed by atoms with van der Waals surface area (Å²) in [7, 11) is 1.63. The molecule has 142 valence electrons. The molecule has 2 aliphatic carbocycles. The molecule has 2 bridgehead atoms. The zero-order valence-corrected chi connectivity index (χ0v) is 16.6. The third-order valence-electron chi connectivity index (χ3n) is 6.05. The Kier molecular flexibility index (Phi) is 6.23. The number of thioether (sulfide) groups is 1. The summed E-state index contributed by atoms with van der Waals surface area (Å²) in [4.78, 5) is 14.4. The predicted octanol–water partition coefficient (Wildman–Crippen LogP) is 4.30. The number of ketones is 1. The zero-order valence-electron chi connectivity index (χ0n) is 15.8. The first-order chi connectivity index (χ1) is 12.5. The number of Topliss-reactive ketones (excluding diaryl/α,β-unsaturated/α-hetero) is 1. The van der Waals surface area contributed by atoms with Crippen LogP contribution in [0.4, 0.5) is 0 Å². The number of fused-ring (bicyclic) bond motifs is 2. The van der Waals surface area contributed by atoms with E-state index in [2.05, 4.69) is 37.5 Å². The summed E-state index contributed by atoms with van der Waals surface area (Å²) >= 11 is 1.66. The van der Waals surface area contributed by atoms with Gasteiger partial charge in [0, 0.05) is 12.0 Å². The number of ether oxygens (including phenoxy) is 3. The molecule has 2 aliphatic rings. The molecule has 0 saturated heterocycles. The molecule has 0 radical (unpaired) electrons. The van der Waals surface area contributed by atoms with E-state index >= 15 is 0 Å². The van der Waals surface area contributed by atoms with E-state index in [1.165, 1.54) is 4.90 Å². The van der Waals surface area contributed by atoms with Crippen LogP contribution < -0.4 is 0 Å². The summed E-state index contributed by atoms with van der Waals surface area (Å²) in [5, 5.41) is 2.08. The second-order valence-electron chi connectivity index (χ2n) is 7.54. The number of methoxy groups -OCH3 is 1. The molecule has 1 aromatic rings. The summed E-state index contributed by atoms with van der Waals surface area (Å²) in [5.41, 5.74) is -0.536. The molecule has 3 rings (SSSR count). The smallest absolute Gasteiger partial charge is 0.172 e. The number of carbonyl (C=O) groups is 1. The molecule has 0 spiro atoms. The SMILES string of the molecule is COCCOCO[C@@H]1C(=O)[C@@]2(/C=C\Sc3ccccc3)CC[C@H]1C2(C)C. The highest BCUT2D eigenvalue weighted by atomic mass is 32.2. The van der Waals surface area contributed by atoms with Crippen molar-refractivity contribution in [3.63, 3.8) is 0 Å². The fraction of sp³-hybridized carbons (Fsp3) is 0.571. The molecule has 0 unspecified atom stereocenters. The summed E-state index contributed by atoms with van der Waals surface area (Å²) in [6.45, 7) is 5.56. The van der Waals surface area contributed by atoms with E-state index in [1.807, 2.05) is 18.2 Å². The van der Waals surface area contributed by atoms with Gasteiger partial charge < -0.3 is 14.2 Å². The van der Waals surface area contributed by atoms with Gasteiger partial charge in [-0.25, -0.2) is 0 Å². The van der Waals surface area contributed by atoms with Crippen LogP contribution in [-0.4, -0.2) is 39.0 Å². The van der Waals surface area contributed by atoms with Gasteiger partial charge in [-0.05, 0) is 41.7 Å². The van der Waals surface area contributed by atoms with Crippen molar-refractivity contribution in [2.24, 2.45) is 16.7 Å². The fourth-order valence-electron chi connectivity index (χ4n) is 4.43. The number of rotatable bonds is 9. The van der Waals surface area contributed by atoms with Crippen molar-refractivity contribution in [2.75, 3.05) is 27.1 Å². The topological polar surface area (TPSA) is 44.8 Å². The first-order valence-corrected chi connectivity index (χ1v) is 10.0. The van der Waals surface area contributed by atoms with Crippen molar-refractivity contribution in [1.29, 1.82) is 0 Å². The van der Waals surface area contributed by atoms with Crippen molar-refractivity contribution >= 4 is 17.5 Å². The van der Waals surface area contributed by atoms with Crippen molar-refractivity contribution in [3.05, 3.63) is 41.8 Å². The third-order valence-corrected chi connectivity index (χ3v) is 6.87. The maximum absolute atomic E-state index is 13.2. The number of hydrogen-bond donors (Lipinski definition) is 0. The Balaban J connectivity index is 1.67. The quantitative estimate of drug-likeness (QED) is 0.365. The number of hydrogen-bond acceptors (Lipinski definition) is 5. The van der Waals surface area contributed by atoms with Crippen LogP contribution in [0.5, 0.6) is 0 Å². The standard InChI is InChI=1S/C21H28O4S/c1-20(2)17-9-10-21(20,11-14-26-16-7-5-4-6-8-16)19(22)18(17)25-15-24-13-12-23-3/h4-8,11,14,17-18H,9-10,12-13,15H2,1-3H3/b14-11-/t17-,18+,21+/m1/s1. The molecular weight excluding hydrogens is 348 g/mol. The molecule has 0 N–H and O–H groups in total. The Labute approximate surface area is 160 Å². The number of carbonyl (C=O) groups excluding carboxylic acids is 1. The molecule has 0 amide bonds. The van der Waals surface area contributed by atoms with Gasteiger partial charge in [-0.3, -0.25) is 4.79 Å². The van der Waals surface area contributed by atoms with Gasteiger partial charge >= 0.3 is 0 Å². The maximum atomic E-state index is 13.2. The first-order valence-electron chi connectivity index (χ1n) is 9.15. The van der Waals surface area contributed by atoms with Crippen LogP contribution in [0, 0.1) is 16.7 Å². The average molecular weight is 377 g/mol. The van der Waals surface area contributed by atoms with Crippen LogP contribution in [0.15, 0.2) is 46.7 Å². The molecule has 0 aliphatic heterocycles. The largest absolute Gasteiger partial charge is 0.382 e. The summed E-state index contributed by atoms with van der Waals surface area (Å²) in [6, 6.07) is 10.2. The molecule has 2 fully saturated rings. The number of allylic oxidation sites excluding steroid dienone is 1. The maximum Gasteiger partial charge on any atom is 0.172 e. The summed E-state index contributed by atoms with van der Waals surface area (Å²) < 4.78 is 16.2. The Morgan fingerprint density at radius 3 is 2.73 bits per heavy atom. The second kappa shape index (κ2) is 8.26. The van der Waals surface area contributed by atoms with Gasteiger partial charge in [0.2, 0.25) is 0 Å². The van der Waals surface area contributed by atoms with Gasteiger partial charge in [-0.1, -0.05) is 49.9 Å². The Bertz CT molecular complexity index is 643. The third kappa shape index (κ3) is 3.50. The van der Waals surface area contributed by atoms with E-state index in [4.69, 9.17) is 14.2 Å². The van der Waals surface area contributed by atoms with Crippen LogP contribution >= 0.6 is 11.8 Å². The molecule has 26 heavy (non-hydrogen) atoms. The lowest BCUT2D eigenvalue weighted by Gasteiger charge is -2.33. The lowest BCUT2D eigenvalue weighted by molar-refractivity contribution is -0.150. The van der Waals surface area contributed by atoms with Crippen LogP contribution in [0.1, 0.15) is 26.7 Å². The fourth-order valence-corrected chi connectivity index (χ4v) is 5.20. The Morgan fingerprint density at radius 2 is 2.00 bits per heavy atom. The highest BCUT2D eigenvalue weighted by Gasteiger charge is 2.68. The van der Waals surface area contributed by atoms with Gasteiger partial charge in [0.15, 0.2) is 5.78 Å². The summed E-state index contributed by atoms with van der Waals surface area (Å²) in [6.07, 6.45) is 3.68. The molecule has 3 atom stereocenters. The van der Waals surface area contributed by atoms with E-state index in [0.29, 0.717) is 13.2 Å². The van der Waals surface area contributed by atoms with Gasteiger partial charge in [-0.2, -0.15) is 0 Å². The van der Waals surface area contributed by atoms with Gasteiger partial charge in [0.1, 0.15) is 12.9 Å². The van der Waals surface area contributed by atoms with Gasteiger partial charge in [0.25, 0.3) is 0 Å². The highest BCUT2D eigenvalue weighted by molar-refractivity contribution is 8.02. The van der Waals surface area contributed by atoms with E-state index in [-0.39, 0.29) is 30.0 Å². The van der Waals surface area contributed by atoms with Crippen molar-refractivity contribution in [2.45, 2.75) is 37.7 Å². The molecule has 4 nitrogen and oxygen atoms in total.